The van der Waals surface area contributed by atoms with Crippen molar-refractivity contribution in [1.82, 2.24) is 4.90 Å². The first kappa shape index (κ1) is 23.5. The molecular formula is C23H27ClN2O6. The Morgan fingerprint density at radius 3 is 2.00 bits per heavy atom. The van der Waals surface area contributed by atoms with Gasteiger partial charge in [-0.15, -0.1) is 0 Å². The molecule has 0 bridgehead atoms. The number of rotatable bonds is 7. The second-order valence-electron chi connectivity index (χ2n) is 7.32. The second kappa shape index (κ2) is 10.5. The van der Waals surface area contributed by atoms with Gasteiger partial charge in [-0.25, -0.2) is 0 Å². The molecule has 1 aliphatic rings. The monoisotopic (exact) mass is 462 g/mol. The Kier molecular flexibility index (Phi) is 7.69. The molecule has 0 saturated carbocycles. The Labute approximate surface area is 192 Å². The number of nitrogens with one attached hydrogen (secondary N) is 1. The smallest absolute Gasteiger partial charge is 0.254 e. The van der Waals surface area contributed by atoms with Gasteiger partial charge >= 0.3 is 0 Å². The van der Waals surface area contributed by atoms with E-state index in [2.05, 4.69) is 5.32 Å². The van der Waals surface area contributed by atoms with Crippen LogP contribution in [0.3, 0.4) is 0 Å². The zero-order valence-electron chi connectivity index (χ0n) is 18.6. The van der Waals surface area contributed by atoms with Crippen LogP contribution in [0.5, 0.6) is 23.0 Å². The van der Waals surface area contributed by atoms with E-state index in [1.54, 1.807) is 35.2 Å². The molecule has 0 aromatic heterocycles. The summed E-state index contributed by atoms with van der Waals surface area (Å²) in [5, 5.41) is 3.32. The molecule has 1 aliphatic heterocycles. The van der Waals surface area contributed by atoms with Crippen LogP contribution in [-0.4, -0.2) is 58.2 Å². The second-order valence-corrected chi connectivity index (χ2v) is 7.73. The summed E-state index contributed by atoms with van der Waals surface area (Å²) in [4.78, 5) is 27.5. The van der Waals surface area contributed by atoms with Gasteiger partial charge in [0.2, 0.25) is 11.7 Å². The Balaban J connectivity index is 1.63. The summed E-state index contributed by atoms with van der Waals surface area (Å²) in [7, 11) is 6.06. The average Bonchev–Trinajstić information content (AvgIpc) is 2.82. The van der Waals surface area contributed by atoms with Gasteiger partial charge in [-0.1, -0.05) is 11.6 Å². The van der Waals surface area contributed by atoms with Crippen LogP contribution in [0.15, 0.2) is 30.3 Å². The number of halogens is 1. The van der Waals surface area contributed by atoms with Crippen LogP contribution in [-0.2, 0) is 4.79 Å². The maximum absolute atomic E-state index is 13.0. The van der Waals surface area contributed by atoms with Gasteiger partial charge in [0, 0.05) is 30.3 Å². The number of amides is 2. The van der Waals surface area contributed by atoms with E-state index in [9.17, 15) is 9.59 Å². The lowest BCUT2D eigenvalue weighted by molar-refractivity contribution is -0.121. The number of piperidine rings is 1. The fourth-order valence-corrected chi connectivity index (χ4v) is 3.98. The molecule has 1 fully saturated rings. The lowest BCUT2D eigenvalue weighted by Crippen LogP contribution is -2.41. The van der Waals surface area contributed by atoms with Gasteiger partial charge in [-0.05, 0) is 43.2 Å². The highest BCUT2D eigenvalue weighted by Crippen LogP contribution is 2.38. The number of hydrogen-bond donors (Lipinski definition) is 1. The summed E-state index contributed by atoms with van der Waals surface area (Å²) < 4.78 is 21.1. The molecule has 0 spiro atoms. The van der Waals surface area contributed by atoms with E-state index in [0.717, 1.165) is 0 Å². The number of ether oxygens (including phenoxy) is 4. The Morgan fingerprint density at radius 1 is 0.906 bits per heavy atom. The summed E-state index contributed by atoms with van der Waals surface area (Å²) in [6.07, 6.45) is 1.12. The molecule has 9 heteroatoms. The molecule has 32 heavy (non-hydrogen) atoms. The molecule has 1 heterocycles. The molecule has 1 N–H and O–H groups in total. The molecule has 0 unspecified atom stereocenters. The third-order valence-corrected chi connectivity index (χ3v) is 5.78. The standard InChI is InChI=1S/C23H27ClN2O6/c1-29-18-6-5-16(13-17(18)24)25-22(27)14-7-9-26(10-8-14)23(28)15-11-19(30-2)21(32-4)20(12-15)31-3/h5-6,11-14H,7-10H2,1-4H3,(H,25,27). The predicted octanol–water partition coefficient (Wildman–Crippen LogP) is 3.87. The average molecular weight is 463 g/mol. The topological polar surface area (TPSA) is 86.3 Å². The first-order valence-electron chi connectivity index (χ1n) is 10.2. The van der Waals surface area contributed by atoms with Crippen molar-refractivity contribution in [3.8, 4) is 23.0 Å². The third-order valence-electron chi connectivity index (χ3n) is 5.48. The van der Waals surface area contributed by atoms with Crippen LogP contribution >= 0.6 is 11.6 Å². The van der Waals surface area contributed by atoms with Crippen LogP contribution in [0.25, 0.3) is 0 Å². The van der Waals surface area contributed by atoms with Gasteiger partial charge < -0.3 is 29.2 Å². The Bertz CT molecular complexity index is 963. The molecular weight excluding hydrogens is 436 g/mol. The largest absolute Gasteiger partial charge is 0.495 e. The van der Waals surface area contributed by atoms with Crippen molar-refractivity contribution < 1.29 is 28.5 Å². The van der Waals surface area contributed by atoms with Crippen LogP contribution in [0.4, 0.5) is 5.69 Å². The number of hydrogen-bond acceptors (Lipinski definition) is 6. The Hall–Kier alpha value is -3.13. The van der Waals surface area contributed by atoms with Crippen LogP contribution in [0.1, 0.15) is 23.2 Å². The number of methoxy groups -OCH3 is 4. The van der Waals surface area contributed by atoms with E-state index in [-0.39, 0.29) is 17.7 Å². The van der Waals surface area contributed by atoms with Crippen molar-refractivity contribution in [3.05, 3.63) is 40.9 Å². The van der Waals surface area contributed by atoms with Gasteiger partial charge in [0.05, 0.1) is 33.5 Å². The highest BCUT2D eigenvalue weighted by Gasteiger charge is 2.29. The van der Waals surface area contributed by atoms with E-state index < -0.39 is 0 Å². The molecule has 2 aromatic carbocycles. The summed E-state index contributed by atoms with van der Waals surface area (Å²) in [6.45, 7) is 0.938. The van der Waals surface area contributed by atoms with Crippen LogP contribution < -0.4 is 24.3 Å². The van der Waals surface area contributed by atoms with E-state index in [4.69, 9.17) is 30.5 Å². The maximum Gasteiger partial charge on any atom is 0.254 e. The molecule has 0 aliphatic carbocycles. The fourth-order valence-electron chi connectivity index (χ4n) is 3.72. The molecule has 2 amide bonds. The van der Waals surface area contributed by atoms with Crippen molar-refractivity contribution in [2.75, 3.05) is 46.8 Å². The normalized spacial score (nSPS) is 14.0. The van der Waals surface area contributed by atoms with Gasteiger partial charge in [0.15, 0.2) is 11.5 Å². The zero-order valence-corrected chi connectivity index (χ0v) is 19.3. The number of carbonyl (C=O) groups is 2. The van der Waals surface area contributed by atoms with Crippen molar-refractivity contribution in [1.29, 1.82) is 0 Å². The first-order chi connectivity index (χ1) is 15.4. The zero-order chi connectivity index (χ0) is 23.3. The number of nitrogens with zero attached hydrogens (tertiary/aromatic N) is 1. The SMILES string of the molecule is COc1ccc(NC(=O)C2CCN(C(=O)c3cc(OC)c(OC)c(OC)c3)CC2)cc1Cl. The molecule has 0 radical (unpaired) electrons. The van der Waals surface area contributed by atoms with E-state index in [1.807, 2.05) is 0 Å². The highest BCUT2D eigenvalue weighted by atomic mass is 35.5. The van der Waals surface area contributed by atoms with Crippen molar-refractivity contribution >= 4 is 29.1 Å². The van der Waals surface area contributed by atoms with Gasteiger partial charge in [-0.2, -0.15) is 0 Å². The molecule has 2 aromatic rings. The number of benzene rings is 2. The lowest BCUT2D eigenvalue weighted by atomic mass is 9.95. The summed E-state index contributed by atoms with van der Waals surface area (Å²) in [5.41, 5.74) is 1.05. The van der Waals surface area contributed by atoms with Crippen LogP contribution in [0.2, 0.25) is 5.02 Å². The van der Waals surface area contributed by atoms with Crippen molar-refractivity contribution in [3.63, 3.8) is 0 Å². The minimum Gasteiger partial charge on any atom is -0.495 e. The molecule has 1 saturated heterocycles. The first-order valence-corrected chi connectivity index (χ1v) is 10.5. The maximum atomic E-state index is 13.0. The van der Waals surface area contributed by atoms with Gasteiger partial charge in [0.25, 0.3) is 5.91 Å². The molecule has 8 nitrogen and oxygen atoms in total. The van der Waals surface area contributed by atoms with Crippen LogP contribution in [0, 0.1) is 5.92 Å². The molecule has 0 atom stereocenters. The van der Waals surface area contributed by atoms with E-state index in [1.165, 1.54) is 28.4 Å². The van der Waals surface area contributed by atoms with Crippen molar-refractivity contribution in [2.45, 2.75) is 12.8 Å². The molecule has 3 rings (SSSR count). The third kappa shape index (κ3) is 5.02. The van der Waals surface area contributed by atoms with Gasteiger partial charge in [-0.3, -0.25) is 9.59 Å². The van der Waals surface area contributed by atoms with E-state index >= 15 is 0 Å². The van der Waals surface area contributed by atoms with E-state index in [0.29, 0.717) is 65.2 Å². The predicted molar refractivity (Wildman–Crippen MR) is 121 cm³/mol. The Morgan fingerprint density at radius 2 is 1.50 bits per heavy atom. The summed E-state index contributed by atoms with van der Waals surface area (Å²) >= 11 is 6.13. The minimum atomic E-state index is -0.195. The number of anilines is 1. The summed E-state index contributed by atoms with van der Waals surface area (Å²) in [5.74, 6) is 1.38. The lowest BCUT2D eigenvalue weighted by Gasteiger charge is -2.31. The summed E-state index contributed by atoms with van der Waals surface area (Å²) in [6, 6.07) is 8.37. The fraction of sp³-hybridized carbons (Fsp3) is 0.391. The van der Waals surface area contributed by atoms with Crippen molar-refractivity contribution in [2.24, 2.45) is 5.92 Å². The minimum absolute atomic E-state index is 0.0916. The number of likely N-dealkylation sites (tertiary alicyclic amines) is 1. The van der Waals surface area contributed by atoms with Gasteiger partial charge in [0.1, 0.15) is 5.75 Å². The highest BCUT2D eigenvalue weighted by molar-refractivity contribution is 6.32. The quantitative estimate of drug-likeness (QED) is 0.672. The number of carbonyl (C=O) groups excluding carboxylic acids is 2. The molecule has 172 valence electrons.